The molecule has 3 rings (SSSR count). The van der Waals surface area contributed by atoms with Crippen LogP contribution in [0.5, 0.6) is 0 Å². The van der Waals surface area contributed by atoms with Crippen molar-refractivity contribution in [2.24, 2.45) is 0 Å². The van der Waals surface area contributed by atoms with Gasteiger partial charge in [0.2, 0.25) is 0 Å². The summed E-state index contributed by atoms with van der Waals surface area (Å²) in [5.74, 6) is -2.87. The van der Waals surface area contributed by atoms with Gasteiger partial charge in [0.15, 0.2) is 0 Å². The molecule has 2 aliphatic rings. The smallest absolute Gasteiger partial charge is 0.356 e. The number of ether oxygens (including phenoxy) is 2. The Bertz CT molecular complexity index is 647. The summed E-state index contributed by atoms with van der Waals surface area (Å²) in [6.07, 6.45) is 3.64. The van der Waals surface area contributed by atoms with E-state index in [1.165, 1.54) is 0 Å². The lowest BCUT2D eigenvalue weighted by Gasteiger charge is -2.44. The zero-order valence-electron chi connectivity index (χ0n) is 11.2. The summed E-state index contributed by atoms with van der Waals surface area (Å²) in [5, 5.41) is 3.45. The standard InChI is InChI=1S/C13H11BrClN3O4/c14-12-9(15)5-8(6-17-12)18-4-3-16-7-13(18)21-10(19)1-2-11(20)22-13/h1-2,5-6,16H,3-4,7H2. The van der Waals surface area contributed by atoms with E-state index in [0.29, 0.717) is 28.4 Å². The predicted octanol–water partition coefficient (Wildman–Crippen LogP) is 1.22. The number of esters is 2. The molecule has 0 atom stereocenters. The number of carbonyl (C=O) groups excluding carboxylic acids is 2. The van der Waals surface area contributed by atoms with E-state index in [-0.39, 0.29) is 6.54 Å². The summed E-state index contributed by atoms with van der Waals surface area (Å²) >= 11 is 9.29. The molecule has 2 aliphatic heterocycles. The van der Waals surface area contributed by atoms with Gasteiger partial charge in [0.25, 0.3) is 0 Å². The largest absolute Gasteiger partial charge is 0.399 e. The van der Waals surface area contributed by atoms with Crippen molar-refractivity contribution in [2.75, 3.05) is 24.5 Å². The molecule has 1 N–H and O–H groups in total. The second-order valence-corrected chi connectivity index (χ2v) is 5.84. The van der Waals surface area contributed by atoms with Crippen LogP contribution in [-0.2, 0) is 19.1 Å². The van der Waals surface area contributed by atoms with Gasteiger partial charge in [-0.15, -0.1) is 0 Å². The molecule has 1 aromatic heterocycles. The van der Waals surface area contributed by atoms with E-state index < -0.39 is 17.8 Å². The fraction of sp³-hybridized carbons (Fsp3) is 0.308. The molecule has 116 valence electrons. The van der Waals surface area contributed by atoms with Crippen molar-refractivity contribution in [1.29, 1.82) is 0 Å². The average molecular weight is 389 g/mol. The molecule has 0 saturated carbocycles. The number of rotatable bonds is 1. The third-order valence-electron chi connectivity index (χ3n) is 3.24. The van der Waals surface area contributed by atoms with Crippen LogP contribution in [0.3, 0.4) is 0 Å². The number of halogens is 2. The number of hydrogen-bond acceptors (Lipinski definition) is 7. The molecule has 7 nitrogen and oxygen atoms in total. The van der Waals surface area contributed by atoms with Crippen LogP contribution < -0.4 is 10.2 Å². The second-order valence-electron chi connectivity index (χ2n) is 4.68. The molecular formula is C13H11BrClN3O4. The van der Waals surface area contributed by atoms with Gasteiger partial charge < -0.3 is 14.8 Å². The highest BCUT2D eigenvalue weighted by atomic mass is 79.9. The molecule has 1 saturated heterocycles. The maximum Gasteiger partial charge on any atom is 0.356 e. The van der Waals surface area contributed by atoms with Crippen LogP contribution in [0.1, 0.15) is 0 Å². The third-order valence-corrected chi connectivity index (χ3v) is 4.39. The van der Waals surface area contributed by atoms with Crippen LogP contribution in [0, 0.1) is 0 Å². The normalized spacial score (nSPS) is 20.5. The quantitative estimate of drug-likeness (QED) is 0.572. The van der Waals surface area contributed by atoms with E-state index in [2.05, 4.69) is 26.2 Å². The highest BCUT2D eigenvalue weighted by Crippen LogP contribution is 2.32. The number of piperazine rings is 1. The van der Waals surface area contributed by atoms with Gasteiger partial charge in [-0.3, -0.25) is 4.90 Å². The summed E-state index contributed by atoms with van der Waals surface area (Å²) in [4.78, 5) is 29.3. The minimum atomic E-state index is -1.56. The number of anilines is 1. The Balaban J connectivity index is 2.01. The van der Waals surface area contributed by atoms with Gasteiger partial charge in [-0.25, -0.2) is 14.6 Å². The van der Waals surface area contributed by atoms with E-state index in [9.17, 15) is 9.59 Å². The Labute approximate surface area is 139 Å². The molecular weight excluding hydrogens is 378 g/mol. The van der Waals surface area contributed by atoms with Crippen molar-refractivity contribution >= 4 is 45.2 Å². The topological polar surface area (TPSA) is 80.8 Å². The first-order chi connectivity index (χ1) is 10.5. The molecule has 0 bridgehead atoms. The van der Waals surface area contributed by atoms with Gasteiger partial charge in [0.05, 0.1) is 23.5 Å². The molecule has 0 aromatic carbocycles. The molecule has 0 aliphatic carbocycles. The summed E-state index contributed by atoms with van der Waals surface area (Å²) < 4.78 is 11.2. The highest BCUT2D eigenvalue weighted by molar-refractivity contribution is 9.10. The second kappa shape index (κ2) is 5.86. The monoisotopic (exact) mass is 387 g/mol. The summed E-state index contributed by atoms with van der Waals surface area (Å²) in [6, 6.07) is 1.66. The highest BCUT2D eigenvalue weighted by Gasteiger charge is 2.48. The Hall–Kier alpha value is -1.64. The van der Waals surface area contributed by atoms with Gasteiger partial charge in [-0.1, -0.05) is 11.6 Å². The first kappa shape index (κ1) is 15.3. The van der Waals surface area contributed by atoms with Crippen LogP contribution >= 0.6 is 27.5 Å². The van der Waals surface area contributed by atoms with Gasteiger partial charge in [-0.05, 0) is 22.0 Å². The molecule has 1 spiro atoms. The first-order valence-corrected chi connectivity index (χ1v) is 7.61. The van der Waals surface area contributed by atoms with Crippen molar-refractivity contribution < 1.29 is 19.1 Å². The van der Waals surface area contributed by atoms with Crippen molar-refractivity contribution in [1.82, 2.24) is 10.3 Å². The molecule has 3 heterocycles. The Morgan fingerprint density at radius 3 is 2.64 bits per heavy atom. The lowest BCUT2D eigenvalue weighted by Crippen LogP contribution is -2.65. The SMILES string of the molecule is O=C1C=CC(=O)OC2(CNCCN2c2cnc(Br)c(Cl)c2)O1. The lowest BCUT2D eigenvalue weighted by atomic mass is 10.2. The molecule has 1 fully saturated rings. The Morgan fingerprint density at radius 2 is 2.00 bits per heavy atom. The van der Waals surface area contributed by atoms with Crippen LogP contribution in [-0.4, -0.2) is 42.5 Å². The van der Waals surface area contributed by atoms with Gasteiger partial charge in [0, 0.05) is 25.2 Å². The summed E-state index contributed by atoms with van der Waals surface area (Å²) in [5.41, 5.74) is 0.581. The van der Waals surface area contributed by atoms with Gasteiger partial charge >= 0.3 is 17.8 Å². The first-order valence-electron chi connectivity index (χ1n) is 6.44. The number of pyridine rings is 1. The number of nitrogens with one attached hydrogen (secondary N) is 1. The van der Waals surface area contributed by atoms with Crippen molar-refractivity contribution in [3.63, 3.8) is 0 Å². The molecule has 22 heavy (non-hydrogen) atoms. The third kappa shape index (κ3) is 2.81. The van der Waals surface area contributed by atoms with Gasteiger partial charge in [0.1, 0.15) is 4.60 Å². The Morgan fingerprint density at radius 1 is 1.32 bits per heavy atom. The van der Waals surface area contributed by atoms with Crippen LogP contribution in [0.4, 0.5) is 5.69 Å². The molecule has 9 heteroatoms. The zero-order chi connectivity index (χ0) is 15.7. The summed E-state index contributed by atoms with van der Waals surface area (Å²) in [7, 11) is 0. The van der Waals surface area contributed by atoms with Crippen LogP contribution in [0.25, 0.3) is 0 Å². The van der Waals surface area contributed by atoms with Crippen LogP contribution in [0.2, 0.25) is 5.02 Å². The predicted molar refractivity (Wildman–Crippen MR) is 81.2 cm³/mol. The molecule has 0 amide bonds. The van der Waals surface area contributed by atoms with Crippen molar-refractivity contribution in [2.45, 2.75) is 5.91 Å². The number of aromatic nitrogens is 1. The number of nitrogens with zero attached hydrogens (tertiary/aromatic N) is 2. The maximum atomic E-state index is 11.8. The minimum absolute atomic E-state index is 0.139. The maximum absolute atomic E-state index is 11.8. The number of carbonyl (C=O) groups is 2. The summed E-state index contributed by atoms with van der Waals surface area (Å²) in [6.45, 7) is 1.21. The van der Waals surface area contributed by atoms with E-state index in [1.807, 2.05) is 0 Å². The molecule has 0 radical (unpaired) electrons. The van der Waals surface area contributed by atoms with E-state index in [4.69, 9.17) is 21.1 Å². The molecule has 1 aromatic rings. The van der Waals surface area contributed by atoms with Crippen molar-refractivity contribution in [3.05, 3.63) is 34.0 Å². The van der Waals surface area contributed by atoms with Gasteiger partial charge in [-0.2, -0.15) is 0 Å². The van der Waals surface area contributed by atoms with Crippen molar-refractivity contribution in [3.8, 4) is 0 Å². The fourth-order valence-corrected chi connectivity index (χ4v) is 2.69. The fourth-order valence-electron chi connectivity index (χ4n) is 2.31. The number of hydrogen-bond donors (Lipinski definition) is 1. The van der Waals surface area contributed by atoms with Crippen LogP contribution in [0.15, 0.2) is 29.0 Å². The Kier molecular flexibility index (Phi) is 4.07. The van der Waals surface area contributed by atoms with E-state index >= 15 is 0 Å². The average Bonchev–Trinajstić information content (AvgIpc) is 2.62. The van der Waals surface area contributed by atoms with E-state index in [1.54, 1.807) is 17.2 Å². The zero-order valence-corrected chi connectivity index (χ0v) is 13.6. The molecule has 0 unspecified atom stereocenters. The van der Waals surface area contributed by atoms with E-state index in [0.717, 1.165) is 12.2 Å². The minimum Gasteiger partial charge on any atom is -0.399 e. The lowest BCUT2D eigenvalue weighted by molar-refractivity contribution is -0.221.